The first-order chi connectivity index (χ1) is 16.9. The Hall–Kier alpha value is -3.72. The molecule has 1 aliphatic rings. The van der Waals surface area contributed by atoms with E-state index in [9.17, 15) is 9.59 Å². The first-order valence-corrected chi connectivity index (χ1v) is 11.8. The third kappa shape index (κ3) is 6.24. The largest absolute Gasteiger partial charge is 0.493 e. The van der Waals surface area contributed by atoms with Gasteiger partial charge in [0.15, 0.2) is 5.82 Å². The molecule has 0 saturated carbocycles. The monoisotopic (exact) mass is 495 g/mol. The Balaban J connectivity index is 1.55. The van der Waals surface area contributed by atoms with Gasteiger partial charge in [-0.2, -0.15) is 0 Å². The first-order valence-electron chi connectivity index (χ1n) is 11.4. The van der Waals surface area contributed by atoms with Gasteiger partial charge in [0.2, 0.25) is 5.88 Å². The van der Waals surface area contributed by atoms with Gasteiger partial charge in [-0.05, 0) is 44.4 Å². The lowest BCUT2D eigenvalue weighted by atomic mass is 10.2. The average molecular weight is 496 g/mol. The Morgan fingerprint density at radius 1 is 1.00 bits per heavy atom. The van der Waals surface area contributed by atoms with Crippen LogP contribution < -0.4 is 14.8 Å². The zero-order valence-electron chi connectivity index (χ0n) is 19.6. The second-order valence-electron chi connectivity index (χ2n) is 8.15. The van der Waals surface area contributed by atoms with Crippen molar-refractivity contribution in [2.24, 2.45) is 0 Å². The Bertz CT molecular complexity index is 1210. The van der Waals surface area contributed by atoms with Crippen molar-refractivity contribution in [3.05, 3.63) is 64.7 Å². The molecule has 2 amide bonds. The predicted octanol–water partition coefficient (Wildman–Crippen LogP) is 4.90. The summed E-state index contributed by atoms with van der Waals surface area (Å²) >= 11 is 6.39. The lowest BCUT2D eigenvalue weighted by Gasteiger charge is -2.16. The average Bonchev–Trinajstić information content (AvgIpc) is 3.40. The molecule has 0 unspecified atom stereocenters. The number of aromatic nitrogens is 3. The van der Waals surface area contributed by atoms with Gasteiger partial charge in [0.05, 0.1) is 30.3 Å². The molecule has 1 saturated heterocycles. The topological polar surface area (TPSA) is 107 Å². The molecule has 0 aliphatic carbocycles. The maximum absolute atomic E-state index is 12.9. The normalized spacial score (nSPS) is 12.9. The summed E-state index contributed by atoms with van der Waals surface area (Å²) in [5.74, 6) is 0.712. The molecule has 1 aliphatic heterocycles. The number of likely N-dealkylation sites (tertiary alicyclic amines) is 1. The lowest BCUT2D eigenvalue weighted by Crippen LogP contribution is -2.27. The molecule has 3 heterocycles. The smallest absolute Gasteiger partial charge is 0.257 e. The zero-order valence-corrected chi connectivity index (χ0v) is 20.3. The molecule has 3 aromatic rings. The number of nitrogens with one attached hydrogen (secondary N) is 1. The zero-order chi connectivity index (χ0) is 24.8. The van der Waals surface area contributed by atoms with Crippen molar-refractivity contribution in [3.8, 4) is 17.4 Å². The Morgan fingerprint density at radius 2 is 1.77 bits per heavy atom. The molecule has 0 spiro atoms. The molecule has 0 bridgehead atoms. The molecule has 2 aromatic heterocycles. The Morgan fingerprint density at radius 3 is 2.46 bits per heavy atom. The van der Waals surface area contributed by atoms with Gasteiger partial charge >= 0.3 is 0 Å². The number of ether oxygens (including phenoxy) is 2. The first kappa shape index (κ1) is 24.4. The standard InChI is InChI=1S/C25H26ClN5O4/c1-3-8-34-19-9-17(23(32)30-22-15-27-16(2)13-28-22)10-20(12-19)35-24-21(26)11-18(14-29-24)25(33)31-6-4-5-7-31/h9-15H,3-8H2,1-2H3,(H,28,30,32). The number of rotatable bonds is 8. The van der Waals surface area contributed by atoms with Crippen LogP contribution in [-0.2, 0) is 0 Å². The second-order valence-corrected chi connectivity index (χ2v) is 8.56. The number of aryl methyl sites for hydroxylation is 1. The van der Waals surface area contributed by atoms with Gasteiger partial charge < -0.3 is 19.7 Å². The molecule has 10 heteroatoms. The van der Waals surface area contributed by atoms with Crippen LogP contribution in [0.3, 0.4) is 0 Å². The van der Waals surface area contributed by atoms with Gasteiger partial charge in [-0.15, -0.1) is 0 Å². The number of amides is 2. The minimum absolute atomic E-state index is 0.100. The van der Waals surface area contributed by atoms with E-state index in [1.54, 1.807) is 35.4 Å². The number of pyridine rings is 1. The number of carbonyl (C=O) groups excluding carboxylic acids is 2. The van der Waals surface area contributed by atoms with Gasteiger partial charge in [-0.25, -0.2) is 9.97 Å². The molecule has 4 rings (SSSR count). The fraction of sp³-hybridized carbons (Fsp3) is 0.320. The summed E-state index contributed by atoms with van der Waals surface area (Å²) < 4.78 is 11.6. The molecule has 0 atom stereocenters. The van der Waals surface area contributed by atoms with E-state index in [2.05, 4.69) is 20.3 Å². The van der Waals surface area contributed by atoms with Crippen LogP contribution >= 0.6 is 11.6 Å². The van der Waals surface area contributed by atoms with Crippen LogP contribution in [0.1, 0.15) is 52.6 Å². The Labute approximate surface area is 208 Å². The third-order valence-corrected chi connectivity index (χ3v) is 5.57. The molecule has 1 fully saturated rings. The summed E-state index contributed by atoms with van der Waals surface area (Å²) in [6.07, 6.45) is 7.29. The van der Waals surface area contributed by atoms with Crippen molar-refractivity contribution < 1.29 is 19.1 Å². The molecule has 35 heavy (non-hydrogen) atoms. The van der Waals surface area contributed by atoms with Crippen molar-refractivity contribution in [2.45, 2.75) is 33.1 Å². The lowest BCUT2D eigenvalue weighted by molar-refractivity contribution is 0.0792. The SMILES string of the molecule is CCCOc1cc(Oc2ncc(C(=O)N3CCCC3)cc2Cl)cc(C(=O)Nc2cnc(C)cn2)c1. The quantitative estimate of drug-likeness (QED) is 0.473. The van der Waals surface area contributed by atoms with Crippen LogP contribution in [-0.4, -0.2) is 51.4 Å². The summed E-state index contributed by atoms with van der Waals surface area (Å²) in [4.78, 5) is 39.8. The molecule has 1 aromatic carbocycles. The number of carbonyl (C=O) groups is 2. The van der Waals surface area contributed by atoms with Crippen LogP contribution in [0, 0.1) is 6.92 Å². The minimum Gasteiger partial charge on any atom is -0.493 e. The van der Waals surface area contributed by atoms with Gasteiger partial charge in [0, 0.05) is 30.9 Å². The minimum atomic E-state index is -0.402. The predicted molar refractivity (Wildman–Crippen MR) is 131 cm³/mol. The van der Waals surface area contributed by atoms with E-state index in [0.29, 0.717) is 35.1 Å². The third-order valence-electron chi connectivity index (χ3n) is 5.30. The fourth-order valence-corrected chi connectivity index (χ4v) is 3.75. The molecular weight excluding hydrogens is 470 g/mol. The molecule has 9 nitrogen and oxygen atoms in total. The molecular formula is C25H26ClN5O4. The van der Waals surface area contributed by atoms with Crippen LogP contribution in [0.25, 0.3) is 0 Å². The van der Waals surface area contributed by atoms with E-state index in [-0.39, 0.29) is 16.8 Å². The molecule has 1 N–H and O–H groups in total. The second kappa shape index (κ2) is 11.1. The number of anilines is 1. The van der Waals surface area contributed by atoms with E-state index in [1.165, 1.54) is 12.4 Å². The number of halogens is 1. The van der Waals surface area contributed by atoms with Crippen molar-refractivity contribution in [1.29, 1.82) is 0 Å². The van der Waals surface area contributed by atoms with Crippen molar-refractivity contribution in [2.75, 3.05) is 25.0 Å². The molecule has 182 valence electrons. The highest BCUT2D eigenvalue weighted by Crippen LogP contribution is 2.31. The van der Waals surface area contributed by atoms with Crippen molar-refractivity contribution in [3.63, 3.8) is 0 Å². The summed E-state index contributed by atoms with van der Waals surface area (Å²) in [5, 5.41) is 2.90. The summed E-state index contributed by atoms with van der Waals surface area (Å²) in [5.41, 5.74) is 1.45. The van der Waals surface area contributed by atoms with Gasteiger partial charge in [0.1, 0.15) is 16.5 Å². The maximum atomic E-state index is 12.9. The highest BCUT2D eigenvalue weighted by Gasteiger charge is 2.21. The highest BCUT2D eigenvalue weighted by atomic mass is 35.5. The van der Waals surface area contributed by atoms with Crippen LogP contribution in [0.2, 0.25) is 5.02 Å². The van der Waals surface area contributed by atoms with Crippen LogP contribution in [0.5, 0.6) is 17.4 Å². The molecule has 0 radical (unpaired) electrons. The number of nitrogens with zero attached hydrogens (tertiary/aromatic N) is 4. The van der Waals surface area contributed by atoms with E-state index < -0.39 is 5.91 Å². The summed E-state index contributed by atoms with van der Waals surface area (Å²) in [6, 6.07) is 6.37. The van der Waals surface area contributed by atoms with Gasteiger partial charge in [-0.3, -0.25) is 14.6 Å². The Kier molecular flexibility index (Phi) is 7.77. The maximum Gasteiger partial charge on any atom is 0.257 e. The van der Waals surface area contributed by atoms with Gasteiger partial charge in [0.25, 0.3) is 11.8 Å². The van der Waals surface area contributed by atoms with Crippen LogP contribution in [0.4, 0.5) is 5.82 Å². The number of benzene rings is 1. The summed E-state index contributed by atoms with van der Waals surface area (Å²) in [7, 11) is 0. The van der Waals surface area contributed by atoms with Crippen molar-refractivity contribution >= 4 is 29.2 Å². The fourth-order valence-electron chi connectivity index (χ4n) is 3.54. The van der Waals surface area contributed by atoms with Crippen molar-refractivity contribution in [1.82, 2.24) is 19.9 Å². The van der Waals surface area contributed by atoms with Crippen LogP contribution in [0.15, 0.2) is 42.9 Å². The van der Waals surface area contributed by atoms with E-state index >= 15 is 0 Å². The highest BCUT2D eigenvalue weighted by molar-refractivity contribution is 6.32. The van der Waals surface area contributed by atoms with E-state index in [4.69, 9.17) is 21.1 Å². The van der Waals surface area contributed by atoms with E-state index in [0.717, 1.165) is 38.0 Å². The number of hydrogen-bond acceptors (Lipinski definition) is 7. The summed E-state index contributed by atoms with van der Waals surface area (Å²) in [6.45, 7) is 5.74. The number of hydrogen-bond donors (Lipinski definition) is 1. The van der Waals surface area contributed by atoms with Gasteiger partial charge in [-0.1, -0.05) is 18.5 Å². The van der Waals surface area contributed by atoms with E-state index in [1.807, 2.05) is 13.8 Å².